The molecule has 1 atom stereocenters. The lowest BCUT2D eigenvalue weighted by atomic mass is 10.1. The van der Waals surface area contributed by atoms with Crippen LogP contribution in [0.1, 0.15) is 16.7 Å². The molecular weight excluding hydrogens is 531 g/mol. The minimum Gasteiger partial charge on any atom is -0.493 e. The van der Waals surface area contributed by atoms with E-state index in [2.05, 4.69) is 10.6 Å². The summed E-state index contributed by atoms with van der Waals surface area (Å²) in [6.07, 6.45) is 0.301. The highest BCUT2D eigenvalue weighted by Crippen LogP contribution is 2.40. The van der Waals surface area contributed by atoms with Crippen molar-refractivity contribution in [3.63, 3.8) is 0 Å². The fourth-order valence-corrected chi connectivity index (χ4v) is 4.81. The summed E-state index contributed by atoms with van der Waals surface area (Å²) in [4.78, 5) is 27.4. The number of hydrogen-bond acceptors (Lipinski definition) is 6. The topological polar surface area (TPSA) is 115 Å². The Balaban J connectivity index is 1.39. The molecule has 38 heavy (non-hydrogen) atoms. The first-order valence-corrected chi connectivity index (χ1v) is 12.5. The smallest absolute Gasteiger partial charge is 0.323 e. The van der Waals surface area contributed by atoms with Gasteiger partial charge in [-0.25, -0.2) is 4.79 Å². The molecule has 0 aromatic heterocycles. The van der Waals surface area contributed by atoms with Crippen LogP contribution in [0.15, 0.2) is 48.5 Å². The molecule has 0 bridgehead atoms. The van der Waals surface area contributed by atoms with E-state index in [1.54, 1.807) is 41.3 Å². The molecule has 0 spiro atoms. The molecule has 3 aromatic carbocycles. The lowest BCUT2D eigenvalue weighted by Crippen LogP contribution is -2.42. The van der Waals surface area contributed by atoms with E-state index in [-0.39, 0.29) is 5.91 Å². The highest BCUT2D eigenvalue weighted by atomic mass is 35.5. The number of methoxy groups -OCH3 is 3. The average molecular weight is 559 g/mol. The summed E-state index contributed by atoms with van der Waals surface area (Å²) in [6.45, 7) is 0.828. The van der Waals surface area contributed by atoms with E-state index in [4.69, 9.17) is 43.1 Å². The molecule has 1 aliphatic heterocycles. The van der Waals surface area contributed by atoms with Gasteiger partial charge in [0.25, 0.3) is 0 Å². The van der Waals surface area contributed by atoms with Crippen molar-refractivity contribution in [2.24, 2.45) is 5.73 Å². The predicted molar refractivity (Wildman–Crippen MR) is 148 cm³/mol. The quantitative estimate of drug-likeness (QED) is 0.355. The summed E-state index contributed by atoms with van der Waals surface area (Å²) < 4.78 is 16.0. The van der Waals surface area contributed by atoms with E-state index >= 15 is 0 Å². The molecule has 4 N–H and O–H groups in total. The Hall–Kier alpha value is -3.66. The number of amides is 3. The van der Waals surface area contributed by atoms with Crippen LogP contribution in [0.5, 0.6) is 17.2 Å². The number of urea groups is 1. The highest BCUT2D eigenvalue weighted by molar-refractivity contribution is 6.35. The van der Waals surface area contributed by atoms with Crippen LogP contribution in [0, 0.1) is 0 Å². The van der Waals surface area contributed by atoms with Gasteiger partial charge in [0.2, 0.25) is 11.7 Å². The van der Waals surface area contributed by atoms with Gasteiger partial charge in [-0.15, -0.1) is 0 Å². The van der Waals surface area contributed by atoms with Crippen LogP contribution in [0.4, 0.5) is 16.2 Å². The van der Waals surface area contributed by atoms with Crippen molar-refractivity contribution >= 4 is 46.5 Å². The normalized spacial score (nSPS) is 12.9. The molecule has 200 valence electrons. The standard InChI is InChI=1S/C27H28Cl2N4O5/c1-36-23-11-20(12-24(37-2)25(23)38-3)32-27(35)31-19-7-5-16-13-33(14-17(16)8-19)26(34)22(30)9-15-4-6-18(28)10-21(15)29/h4-8,10-12,22H,9,13-14,30H2,1-3H3,(H2,31,32,35)/t22-/m1/s1. The van der Waals surface area contributed by atoms with Gasteiger partial charge in [-0.1, -0.05) is 35.3 Å². The third kappa shape index (κ3) is 6.07. The van der Waals surface area contributed by atoms with Crippen molar-refractivity contribution in [2.75, 3.05) is 32.0 Å². The first kappa shape index (κ1) is 27.4. The van der Waals surface area contributed by atoms with E-state index < -0.39 is 12.1 Å². The minimum atomic E-state index is -0.746. The summed E-state index contributed by atoms with van der Waals surface area (Å²) in [5, 5.41) is 6.58. The molecule has 4 rings (SSSR count). The zero-order valence-corrected chi connectivity index (χ0v) is 22.7. The minimum absolute atomic E-state index is 0.179. The number of hydrogen-bond donors (Lipinski definition) is 3. The Morgan fingerprint density at radius 3 is 2.18 bits per heavy atom. The van der Waals surface area contributed by atoms with Gasteiger partial charge in [0.1, 0.15) is 0 Å². The van der Waals surface area contributed by atoms with Crippen LogP contribution in [-0.4, -0.2) is 44.2 Å². The predicted octanol–water partition coefficient (Wildman–Crippen LogP) is 5.08. The number of carbonyl (C=O) groups is 2. The Bertz CT molecular complexity index is 1340. The second-order valence-corrected chi connectivity index (χ2v) is 9.56. The third-order valence-corrected chi connectivity index (χ3v) is 6.78. The molecule has 1 heterocycles. The first-order valence-electron chi connectivity index (χ1n) is 11.7. The van der Waals surface area contributed by atoms with Crippen molar-refractivity contribution in [2.45, 2.75) is 25.6 Å². The number of nitrogens with zero attached hydrogens (tertiary/aromatic N) is 1. The largest absolute Gasteiger partial charge is 0.493 e. The van der Waals surface area contributed by atoms with Gasteiger partial charge in [0.05, 0.1) is 33.1 Å². The van der Waals surface area contributed by atoms with E-state index in [0.29, 0.717) is 58.2 Å². The van der Waals surface area contributed by atoms with E-state index in [1.165, 1.54) is 21.3 Å². The van der Waals surface area contributed by atoms with Crippen LogP contribution >= 0.6 is 23.2 Å². The lowest BCUT2D eigenvalue weighted by molar-refractivity contribution is -0.133. The summed E-state index contributed by atoms with van der Waals surface area (Å²) in [6, 6.07) is 12.7. The zero-order valence-electron chi connectivity index (χ0n) is 21.1. The maximum atomic E-state index is 13.0. The van der Waals surface area contributed by atoms with Crippen molar-refractivity contribution in [1.82, 2.24) is 4.90 Å². The highest BCUT2D eigenvalue weighted by Gasteiger charge is 2.28. The van der Waals surface area contributed by atoms with E-state index in [1.807, 2.05) is 12.1 Å². The first-order chi connectivity index (χ1) is 18.2. The summed E-state index contributed by atoms with van der Waals surface area (Å²) >= 11 is 12.2. The Kier molecular flexibility index (Phi) is 8.51. The van der Waals surface area contributed by atoms with Gasteiger partial charge in [0, 0.05) is 41.0 Å². The Morgan fingerprint density at radius 1 is 0.895 bits per heavy atom. The third-order valence-electron chi connectivity index (χ3n) is 6.19. The molecule has 0 saturated carbocycles. The molecule has 3 aromatic rings. The molecule has 3 amide bonds. The molecular formula is C27H28Cl2N4O5. The van der Waals surface area contributed by atoms with Crippen LogP contribution in [-0.2, 0) is 24.3 Å². The SMILES string of the molecule is COc1cc(NC(=O)Nc2ccc3c(c2)CN(C(=O)[C@H](N)Cc2ccc(Cl)cc2Cl)C3)cc(OC)c1OC. The monoisotopic (exact) mass is 558 g/mol. The fraction of sp³-hybridized carbons (Fsp3) is 0.259. The van der Waals surface area contributed by atoms with E-state index in [9.17, 15) is 9.59 Å². The number of rotatable bonds is 8. The number of nitrogens with one attached hydrogen (secondary N) is 2. The Morgan fingerprint density at radius 2 is 1.55 bits per heavy atom. The maximum absolute atomic E-state index is 13.0. The van der Waals surface area contributed by atoms with Gasteiger partial charge < -0.3 is 35.5 Å². The number of nitrogens with two attached hydrogens (primary N) is 1. The zero-order chi connectivity index (χ0) is 27.4. The molecule has 11 heteroatoms. The van der Waals surface area contributed by atoms with Crippen molar-refractivity contribution in [3.8, 4) is 17.2 Å². The van der Waals surface area contributed by atoms with Crippen LogP contribution < -0.4 is 30.6 Å². The number of ether oxygens (including phenoxy) is 3. The molecule has 0 aliphatic carbocycles. The summed E-state index contributed by atoms with van der Waals surface area (Å²) in [7, 11) is 4.50. The second kappa shape index (κ2) is 11.8. The maximum Gasteiger partial charge on any atom is 0.323 e. The molecule has 0 unspecified atom stereocenters. The number of halogens is 2. The Labute approximate surface area is 230 Å². The van der Waals surface area contributed by atoms with Gasteiger partial charge in [-0.3, -0.25) is 4.79 Å². The number of anilines is 2. The average Bonchev–Trinajstić information content (AvgIpc) is 3.32. The lowest BCUT2D eigenvalue weighted by Gasteiger charge is -2.20. The molecule has 0 radical (unpaired) electrons. The van der Waals surface area contributed by atoms with Gasteiger partial charge in [-0.2, -0.15) is 0 Å². The van der Waals surface area contributed by atoms with Crippen molar-refractivity contribution < 1.29 is 23.8 Å². The van der Waals surface area contributed by atoms with Crippen molar-refractivity contribution in [3.05, 3.63) is 75.3 Å². The fourth-order valence-electron chi connectivity index (χ4n) is 4.32. The summed E-state index contributed by atoms with van der Waals surface area (Å²) in [5.74, 6) is 1.08. The molecule has 1 aliphatic rings. The van der Waals surface area contributed by atoms with Crippen LogP contribution in [0.25, 0.3) is 0 Å². The number of benzene rings is 3. The second-order valence-electron chi connectivity index (χ2n) is 8.72. The van der Waals surface area contributed by atoms with Crippen LogP contribution in [0.3, 0.4) is 0 Å². The van der Waals surface area contributed by atoms with E-state index in [0.717, 1.165) is 16.7 Å². The summed E-state index contributed by atoms with van der Waals surface area (Å²) in [5.41, 5.74) is 9.96. The molecule has 9 nitrogen and oxygen atoms in total. The van der Waals surface area contributed by atoms with Gasteiger partial charge in [-0.05, 0) is 47.4 Å². The van der Waals surface area contributed by atoms with Gasteiger partial charge in [0.15, 0.2) is 11.5 Å². The van der Waals surface area contributed by atoms with Gasteiger partial charge >= 0.3 is 6.03 Å². The molecule has 0 saturated heterocycles. The van der Waals surface area contributed by atoms with Crippen molar-refractivity contribution in [1.29, 1.82) is 0 Å². The number of fused-ring (bicyclic) bond motifs is 1. The molecule has 0 fully saturated rings. The van der Waals surface area contributed by atoms with Crippen LogP contribution in [0.2, 0.25) is 10.0 Å². The number of carbonyl (C=O) groups excluding carboxylic acids is 2.